The van der Waals surface area contributed by atoms with Crippen molar-refractivity contribution in [3.8, 4) is 5.75 Å². The predicted molar refractivity (Wildman–Crippen MR) is 87.5 cm³/mol. The molecule has 1 heterocycles. The van der Waals surface area contributed by atoms with Crippen molar-refractivity contribution in [2.45, 2.75) is 18.6 Å². The maximum absolute atomic E-state index is 13.5. The van der Waals surface area contributed by atoms with Crippen molar-refractivity contribution in [3.05, 3.63) is 65.5 Å². The lowest BCUT2D eigenvalue weighted by molar-refractivity contribution is 0.0172. The van der Waals surface area contributed by atoms with Crippen LogP contribution >= 0.6 is 0 Å². The monoisotopic (exact) mass is 351 g/mol. The summed E-state index contributed by atoms with van der Waals surface area (Å²) in [4.78, 5) is 0. The fourth-order valence-corrected chi connectivity index (χ4v) is 4.18. The third kappa shape index (κ3) is 3.75. The molecule has 5 nitrogen and oxygen atoms in total. The maximum Gasteiger partial charge on any atom is 0.215 e. The van der Waals surface area contributed by atoms with Crippen molar-refractivity contribution in [1.82, 2.24) is 4.72 Å². The molecular formula is C17H18FNO4S. The first-order valence-corrected chi connectivity index (χ1v) is 9.20. The second-order valence-corrected chi connectivity index (χ2v) is 7.64. The number of sulfonamides is 1. The molecule has 128 valence electrons. The van der Waals surface area contributed by atoms with Crippen molar-refractivity contribution in [1.29, 1.82) is 0 Å². The van der Waals surface area contributed by atoms with Crippen LogP contribution in [-0.4, -0.2) is 25.9 Å². The highest BCUT2D eigenvalue weighted by atomic mass is 32.2. The fraction of sp³-hybridized carbons (Fsp3) is 0.294. The van der Waals surface area contributed by atoms with Crippen LogP contribution in [0.1, 0.15) is 17.5 Å². The first kappa shape index (κ1) is 16.9. The van der Waals surface area contributed by atoms with E-state index in [-0.39, 0.29) is 25.1 Å². The Balaban J connectivity index is 1.78. The van der Waals surface area contributed by atoms with Crippen LogP contribution in [0.15, 0.2) is 48.5 Å². The van der Waals surface area contributed by atoms with Crippen LogP contribution in [0.25, 0.3) is 0 Å². The number of fused-ring (bicyclic) bond motifs is 1. The summed E-state index contributed by atoms with van der Waals surface area (Å²) >= 11 is 0. The van der Waals surface area contributed by atoms with Gasteiger partial charge in [0.2, 0.25) is 10.0 Å². The lowest BCUT2D eigenvalue weighted by atomic mass is 9.90. The summed E-state index contributed by atoms with van der Waals surface area (Å²) in [6.07, 6.45) is 0.0791. The minimum Gasteiger partial charge on any atom is -0.493 e. The summed E-state index contributed by atoms with van der Waals surface area (Å²) < 4.78 is 46.1. The van der Waals surface area contributed by atoms with Gasteiger partial charge in [-0.25, -0.2) is 17.5 Å². The molecule has 7 heteroatoms. The quantitative estimate of drug-likeness (QED) is 0.863. The standard InChI is InChI=1S/C17H18FNO4S/c18-14-6-7-16-15(10-14)17(20,8-9-23-16)12-24(21,22)19-11-13-4-2-1-3-5-13/h1-7,10,19-20H,8-9,11-12H2. The fourth-order valence-electron chi connectivity index (χ4n) is 2.76. The van der Waals surface area contributed by atoms with Crippen LogP contribution in [-0.2, 0) is 22.2 Å². The van der Waals surface area contributed by atoms with Gasteiger partial charge in [-0.15, -0.1) is 0 Å². The number of hydrogen-bond donors (Lipinski definition) is 2. The zero-order chi connectivity index (χ0) is 17.2. The SMILES string of the molecule is O=S(=O)(CC1(O)CCOc2ccc(F)cc21)NCc1ccccc1. The third-order valence-corrected chi connectivity index (χ3v) is 5.43. The summed E-state index contributed by atoms with van der Waals surface area (Å²) in [5.74, 6) is -0.789. The molecule has 2 aromatic carbocycles. The summed E-state index contributed by atoms with van der Waals surface area (Å²) in [6.45, 7) is 0.301. The van der Waals surface area contributed by atoms with E-state index >= 15 is 0 Å². The zero-order valence-electron chi connectivity index (χ0n) is 12.9. The highest BCUT2D eigenvalue weighted by Gasteiger charge is 2.40. The van der Waals surface area contributed by atoms with Gasteiger partial charge in [-0.1, -0.05) is 30.3 Å². The van der Waals surface area contributed by atoms with Crippen LogP contribution in [0.4, 0.5) is 4.39 Å². The second kappa shape index (κ2) is 6.51. The molecule has 0 amide bonds. The molecule has 1 aliphatic rings. The Morgan fingerprint density at radius 1 is 1.21 bits per heavy atom. The lowest BCUT2D eigenvalue weighted by Crippen LogP contribution is -2.42. The molecule has 2 aromatic rings. The van der Waals surface area contributed by atoms with Gasteiger partial charge in [-0.3, -0.25) is 0 Å². The third-order valence-electron chi connectivity index (χ3n) is 3.98. The van der Waals surface area contributed by atoms with Crippen LogP contribution in [0.2, 0.25) is 0 Å². The van der Waals surface area contributed by atoms with Gasteiger partial charge < -0.3 is 9.84 Å². The Hall–Kier alpha value is -1.96. The smallest absolute Gasteiger partial charge is 0.215 e. The van der Waals surface area contributed by atoms with E-state index in [1.807, 2.05) is 18.2 Å². The number of hydrogen-bond acceptors (Lipinski definition) is 4. The lowest BCUT2D eigenvalue weighted by Gasteiger charge is -2.34. The molecule has 0 aromatic heterocycles. The van der Waals surface area contributed by atoms with Crippen molar-refractivity contribution >= 4 is 10.0 Å². The van der Waals surface area contributed by atoms with Crippen LogP contribution in [0, 0.1) is 5.82 Å². The van der Waals surface area contributed by atoms with Crippen LogP contribution < -0.4 is 9.46 Å². The van der Waals surface area contributed by atoms with Gasteiger partial charge in [-0.2, -0.15) is 0 Å². The topological polar surface area (TPSA) is 75.6 Å². The highest BCUT2D eigenvalue weighted by Crippen LogP contribution is 2.38. The average molecular weight is 351 g/mol. The molecule has 0 bridgehead atoms. The van der Waals surface area contributed by atoms with Crippen LogP contribution in [0.3, 0.4) is 0 Å². The number of aliphatic hydroxyl groups is 1. The molecular weight excluding hydrogens is 333 g/mol. The van der Waals surface area contributed by atoms with Gasteiger partial charge >= 0.3 is 0 Å². The van der Waals surface area contributed by atoms with Gasteiger partial charge in [0, 0.05) is 18.5 Å². The van der Waals surface area contributed by atoms with Crippen LogP contribution in [0.5, 0.6) is 5.75 Å². The zero-order valence-corrected chi connectivity index (χ0v) is 13.7. The summed E-state index contributed by atoms with van der Waals surface area (Å²) in [5, 5.41) is 10.8. The molecule has 3 rings (SSSR count). The van der Waals surface area contributed by atoms with E-state index in [2.05, 4.69) is 4.72 Å². The van der Waals surface area contributed by atoms with E-state index in [1.54, 1.807) is 12.1 Å². The van der Waals surface area contributed by atoms with Gasteiger partial charge in [0.25, 0.3) is 0 Å². The average Bonchev–Trinajstić information content (AvgIpc) is 2.54. The minimum atomic E-state index is -3.77. The normalized spacial score (nSPS) is 20.2. The number of rotatable bonds is 5. The summed E-state index contributed by atoms with van der Waals surface area (Å²) in [6, 6.07) is 12.8. The van der Waals surface area contributed by atoms with Gasteiger partial charge in [0.1, 0.15) is 17.2 Å². The predicted octanol–water partition coefficient (Wildman–Crippen LogP) is 1.92. The van der Waals surface area contributed by atoms with Crippen molar-refractivity contribution in [2.75, 3.05) is 12.4 Å². The Labute approximate surface area is 140 Å². The second-order valence-electron chi connectivity index (χ2n) is 5.84. The van der Waals surface area contributed by atoms with E-state index in [4.69, 9.17) is 4.74 Å². The van der Waals surface area contributed by atoms with E-state index in [0.29, 0.717) is 5.75 Å². The molecule has 1 aliphatic heterocycles. The Morgan fingerprint density at radius 2 is 1.96 bits per heavy atom. The van der Waals surface area contributed by atoms with Gasteiger partial charge in [0.15, 0.2) is 0 Å². The molecule has 1 atom stereocenters. The number of ether oxygens (including phenoxy) is 1. The van der Waals surface area contributed by atoms with Crippen molar-refractivity contribution < 1.29 is 22.7 Å². The Kier molecular flexibility index (Phi) is 4.58. The molecule has 0 saturated carbocycles. The Morgan fingerprint density at radius 3 is 2.71 bits per heavy atom. The maximum atomic E-state index is 13.5. The summed E-state index contributed by atoms with van der Waals surface area (Å²) in [7, 11) is -3.77. The van der Waals surface area contributed by atoms with Gasteiger partial charge in [-0.05, 0) is 23.8 Å². The minimum absolute atomic E-state index is 0.0791. The largest absolute Gasteiger partial charge is 0.493 e. The molecule has 0 radical (unpaired) electrons. The molecule has 0 saturated heterocycles. The number of benzene rings is 2. The number of halogens is 1. The molecule has 0 fully saturated rings. The van der Waals surface area contributed by atoms with E-state index in [1.165, 1.54) is 12.1 Å². The molecule has 0 spiro atoms. The highest BCUT2D eigenvalue weighted by molar-refractivity contribution is 7.89. The first-order chi connectivity index (χ1) is 11.4. The van der Waals surface area contributed by atoms with Crippen molar-refractivity contribution in [3.63, 3.8) is 0 Å². The number of nitrogens with one attached hydrogen (secondary N) is 1. The molecule has 2 N–H and O–H groups in total. The van der Waals surface area contributed by atoms with E-state index in [0.717, 1.165) is 11.6 Å². The van der Waals surface area contributed by atoms with E-state index < -0.39 is 27.2 Å². The molecule has 1 unspecified atom stereocenters. The first-order valence-electron chi connectivity index (χ1n) is 7.54. The van der Waals surface area contributed by atoms with Crippen molar-refractivity contribution in [2.24, 2.45) is 0 Å². The molecule has 0 aliphatic carbocycles. The van der Waals surface area contributed by atoms with E-state index in [9.17, 15) is 17.9 Å². The summed E-state index contributed by atoms with van der Waals surface area (Å²) in [5.41, 5.74) is -0.705. The molecule has 24 heavy (non-hydrogen) atoms. The van der Waals surface area contributed by atoms with Gasteiger partial charge in [0.05, 0.1) is 12.4 Å². The Bertz CT molecular complexity index is 826.